The van der Waals surface area contributed by atoms with E-state index in [9.17, 15) is 0 Å². The first-order valence-corrected chi connectivity index (χ1v) is 8.47. The van der Waals surface area contributed by atoms with Crippen LogP contribution in [0.25, 0.3) is 0 Å². The zero-order valence-corrected chi connectivity index (χ0v) is 13.7. The van der Waals surface area contributed by atoms with E-state index in [-0.39, 0.29) is 0 Å². The van der Waals surface area contributed by atoms with Gasteiger partial charge < -0.3 is 10.1 Å². The Morgan fingerprint density at radius 3 is 2.57 bits per heavy atom. The third kappa shape index (κ3) is 6.25. The quantitative estimate of drug-likeness (QED) is 0.796. The maximum absolute atomic E-state index is 5.88. The summed E-state index contributed by atoms with van der Waals surface area (Å²) in [6, 6.07) is 7.60. The molecule has 1 heterocycles. The van der Waals surface area contributed by atoms with Crippen molar-refractivity contribution >= 4 is 11.6 Å². The van der Waals surface area contributed by atoms with Crippen LogP contribution in [0.2, 0.25) is 5.02 Å². The molecule has 1 fully saturated rings. The van der Waals surface area contributed by atoms with E-state index in [4.69, 9.17) is 16.3 Å². The van der Waals surface area contributed by atoms with Gasteiger partial charge in [0, 0.05) is 18.1 Å². The van der Waals surface area contributed by atoms with Gasteiger partial charge in [0.2, 0.25) is 0 Å². The average Bonchev–Trinajstić information content (AvgIpc) is 2.50. The first-order chi connectivity index (χ1) is 10.3. The smallest absolute Gasteiger partial charge is 0.119 e. The third-order valence-electron chi connectivity index (χ3n) is 4.00. The molecule has 0 spiro atoms. The van der Waals surface area contributed by atoms with E-state index in [1.807, 2.05) is 24.3 Å². The molecule has 118 valence electrons. The summed E-state index contributed by atoms with van der Waals surface area (Å²) < 4.78 is 5.81. The first-order valence-electron chi connectivity index (χ1n) is 8.09. The van der Waals surface area contributed by atoms with Crippen molar-refractivity contribution in [3.05, 3.63) is 29.3 Å². The van der Waals surface area contributed by atoms with E-state index < -0.39 is 0 Å². The highest BCUT2D eigenvalue weighted by Crippen LogP contribution is 2.16. The number of nitrogens with one attached hydrogen (secondary N) is 1. The highest BCUT2D eigenvalue weighted by molar-refractivity contribution is 6.30. The fraction of sp³-hybridized carbons (Fsp3) is 0.647. The van der Waals surface area contributed by atoms with Gasteiger partial charge in [0.15, 0.2) is 0 Å². The number of benzene rings is 1. The molecule has 0 saturated carbocycles. The minimum absolute atomic E-state index is 0.743. The Bertz CT molecular complexity index is 390. The summed E-state index contributed by atoms with van der Waals surface area (Å²) in [5.41, 5.74) is 0. The molecule has 1 aromatic carbocycles. The molecule has 0 amide bonds. The number of nitrogens with zero attached hydrogens (tertiary/aromatic N) is 1. The van der Waals surface area contributed by atoms with E-state index in [0.717, 1.165) is 36.4 Å². The minimum Gasteiger partial charge on any atom is -0.492 e. The van der Waals surface area contributed by atoms with Crippen molar-refractivity contribution in [2.75, 3.05) is 39.3 Å². The summed E-state index contributed by atoms with van der Waals surface area (Å²) in [7, 11) is 0. The lowest BCUT2D eigenvalue weighted by molar-refractivity contribution is 0.171. The maximum atomic E-state index is 5.88. The Labute approximate surface area is 133 Å². The van der Waals surface area contributed by atoms with Crippen LogP contribution in [0.1, 0.15) is 26.2 Å². The summed E-state index contributed by atoms with van der Waals surface area (Å²) in [6.07, 6.45) is 3.81. The second-order valence-electron chi connectivity index (χ2n) is 5.80. The average molecular weight is 311 g/mol. The van der Waals surface area contributed by atoms with Crippen molar-refractivity contribution in [2.24, 2.45) is 5.92 Å². The predicted molar refractivity (Wildman–Crippen MR) is 89.3 cm³/mol. The Hall–Kier alpha value is -0.770. The Morgan fingerprint density at radius 2 is 1.90 bits per heavy atom. The molecule has 0 aromatic heterocycles. The Balaban J connectivity index is 1.72. The third-order valence-corrected chi connectivity index (χ3v) is 4.26. The molecule has 3 nitrogen and oxygen atoms in total. The van der Waals surface area contributed by atoms with E-state index in [2.05, 4.69) is 17.1 Å². The van der Waals surface area contributed by atoms with Crippen molar-refractivity contribution in [2.45, 2.75) is 26.2 Å². The highest BCUT2D eigenvalue weighted by Gasteiger charge is 2.16. The summed E-state index contributed by atoms with van der Waals surface area (Å²) in [6.45, 7) is 8.70. The van der Waals surface area contributed by atoms with Gasteiger partial charge in [-0.2, -0.15) is 0 Å². The largest absolute Gasteiger partial charge is 0.492 e. The summed E-state index contributed by atoms with van der Waals surface area (Å²) in [5.74, 6) is 1.74. The van der Waals surface area contributed by atoms with E-state index in [1.54, 1.807) is 0 Å². The number of hydrogen-bond donors (Lipinski definition) is 1. The Morgan fingerprint density at radius 1 is 1.19 bits per heavy atom. The molecule has 1 aromatic rings. The lowest BCUT2D eigenvalue weighted by atomic mass is 9.97. The molecule has 1 aliphatic rings. The molecule has 0 atom stereocenters. The van der Waals surface area contributed by atoms with Crippen molar-refractivity contribution in [3.63, 3.8) is 0 Å². The van der Waals surface area contributed by atoms with Crippen LogP contribution in [-0.4, -0.2) is 44.2 Å². The molecule has 0 bridgehead atoms. The van der Waals surface area contributed by atoms with Gasteiger partial charge in [-0.3, -0.25) is 4.90 Å². The fourth-order valence-corrected chi connectivity index (χ4v) is 2.99. The van der Waals surface area contributed by atoms with Gasteiger partial charge in [0.05, 0.1) is 0 Å². The zero-order chi connectivity index (χ0) is 14.9. The minimum atomic E-state index is 0.743. The van der Waals surface area contributed by atoms with E-state index in [1.165, 1.54) is 38.9 Å². The molecular weight excluding hydrogens is 284 g/mol. The van der Waals surface area contributed by atoms with Crippen LogP contribution in [0.5, 0.6) is 5.75 Å². The van der Waals surface area contributed by atoms with Crippen LogP contribution in [0, 0.1) is 5.92 Å². The van der Waals surface area contributed by atoms with Gasteiger partial charge in [0.25, 0.3) is 0 Å². The molecule has 1 saturated heterocycles. The maximum Gasteiger partial charge on any atom is 0.119 e. The van der Waals surface area contributed by atoms with E-state index in [0.29, 0.717) is 0 Å². The topological polar surface area (TPSA) is 24.5 Å². The predicted octanol–water partition coefficient (Wildman–Crippen LogP) is 3.43. The SMILES string of the molecule is CCCN(CCOc1ccc(Cl)cc1)CC1CCNCC1. The summed E-state index contributed by atoms with van der Waals surface area (Å²) >= 11 is 5.88. The first kappa shape index (κ1) is 16.6. The van der Waals surface area contributed by atoms with Gasteiger partial charge in [-0.05, 0) is 69.1 Å². The number of rotatable bonds is 8. The normalized spacial score (nSPS) is 16.3. The van der Waals surface area contributed by atoms with Crippen LogP contribution in [0.3, 0.4) is 0 Å². The molecule has 0 aliphatic carbocycles. The second-order valence-corrected chi connectivity index (χ2v) is 6.23. The molecular formula is C17H27ClN2O. The number of ether oxygens (including phenoxy) is 1. The molecule has 21 heavy (non-hydrogen) atoms. The number of piperidine rings is 1. The lowest BCUT2D eigenvalue weighted by Gasteiger charge is -2.29. The van der Waals surface area contributed by atoms with Crippen LogP contribution >= 0.6 is 11.6 Å². The van der Waals surface area contributed by atoms with Crippen LogP contribution in [-0.2, 0) is 0 Å². The van der Waals surface area contributed by atoms with Crippen LogP contribution in [0.4, 0.5) is 0 Å². The van der Waals surface area contributed by atoms with Crippen LogP contribution in [0.15, 0.2) is 24.3 Å². The van der Waals surface area contributed by atoms with Gasteiger partial charge in [-0.1, -0.05) is 18.5 Å². The van der Waals surface area contributed by atoms with Gasteiger partial charge >= 0.3 is 0 Å². The van der Waals surface area contributed by atoms with Crippen molar-refractivity contribution in [1.82, 2.24) is 10.2 Å². The van der Waals surface area contributed by atoms with Crippen molar-refractivity contribution < 1.29 is 4.74 Å². The highest BCUT2D eigenvalue weighted by atomic mass is 35.5. The summed E-state index contributed by atoms with van der Waals surface area (Å²) in [5, 5.41) is 4.19. The number of halogens is 1. The van der Waals surface area contributed by atoms with Crippen molar-refractivity contribution in [3.8, 4) is 5.75 Å². The van der Waals surface area contributed by atoms with E-state index >= 15 is 0 Å². The molecule has 1 N–H and O–H groups in total. The van der Waals surface area contributed by atoms with Crippen molar-refractivity contribution in [1.29, 1.82) is 0 Å². The molecule has 4 heteroatoms. The molecule has 0 radical (unpaired) electrons. The van der Waals surface area contributed by atoms with Gasteiger partial charge in [-0.25, -0.2) is 0 Å². The monoisotopic (exact) mass is 310 g/mol. The molecule has 1 aliphatic heterocycles. The van der Waals surface area contributed by atoms with Crippen LogP contribution < -0.4 is 10.1 Å². The fourth-order valence-electron chi connectivity index (χ4n) is 2.86. The lowest BCUT2D eigenvalue weighted by Crippen LogP contribution is -2.38. The summed E-state index contributed by atoms with van der Waals surface area (Å²) in [4.78, 5) is 2.55. The van der Waals surface area contributed by atoms with Gasteiger partial charge in [0.1, 0.15) is 12.4 Å². The van der Waals surface area contributed by atoms with Gasteiger partial charge in [-0.15, -0.1) is 0 Å². The Kier molecular flexibility index (Phi) is 7.34. The molecule has 2 rings (SSSR count). The second kappa shape index (κ2) is 9.29. The zero-order valence-electron chi connectivity index (χ0n) is 13.0. The number of hydrogen-bond acceptors (Lipinski definition) is 3. The standard InChI is InChI=1S/C17H27ClN2O/c1-2-11-20(14-15-7-9-19-10-8-15)12-13-21-17-5-3-16(18)4-6-17/h3-6,15,19H,2,7-14H2,1H3. The molecule has 0 unspecified atom stereocenters.